The van der Waals surface area contributed by atoms with Gasteiger partial charge in [-0.2, -0.15) is 0 Å². The van der Waals surface area contributed by atoms with Crippen molar-refractivity contribution in [2.75, 3.05) is 13.1 Å². The van der Waals surface area contributed by atoms with Crippen LogP contribution in [0.1, 0.15) is 129 Å². The number of carbonyl (C=O) groups excluding carboxylic acids is 3. The van der Waals surface area contributed by atoms with Gasteiger partial charge in [0.2, 0.25) is 5.91 Å². The number of aliphatic hydroxyl groups excluding tert-OH is 2. The Bertz CT molecular complexity index is 2120. The van der Waals surface area contributed by atoms with Crippen LogP contribution < -0.4 is 11.1 Å². The molecule has 0 unspecified atom stereocenters. The predicted molar refractivity (Wildman–Crippen MR) is 238 cm³/mol. The third-order valence-electron chi connectivity index (χ3n) is 20.3. The van der Waals surface area contributed by atoms with E-state index in [2.05, 4.69) is 18.5 Å². The number of carboxylic acid groups (broad SMARTS) is 1. The fourth-order valence-corrected chi connectivity index (χ4v) is 16.9. The molecule has 2 aliphatic heterocycles. The largest absolute Gasteiger partial charge is 0.481 e. The lowest BCUT2D eigenvalue weighted by atomic mass is 9.60. The number of nitrogens with one attached hydrogen (secondary N) is 1. The van der Waals surface area contributed by atoms with Gasteiger partial charge in [0.05, 0.1) is 23.0 Å². The van der Waals surface area contributed by atoms with Gasteiger partial charge in [-0.3, -0.25) is 19.2 Å². The van der Waals surface area contributed by atoms with Crippen LogP contribution in [0.25, 0.3) is 0 Å². The Kier molecular flexibility index (Phi) is 10.9. The maximum absolute atomic E-state index is 13.9. The Labute approximate surface area is 382 Å². The Morgan fingerprint density at radius 1 is 0.708 bits per heavy atom. The number of hydrogen-bond acceptors (Lipinski definition) is 11. The number of amides is 1. The van der Waals surface area contributed by atoms with Crippen molar-refractivity contribution in [3.05, 3.63) is 47.6 Å². The number of allylic oxidation sites excluding steroid dienone is 2. The number of hydrogen-bond donors (Lipinski definition) is 7. The monoisotopic (exact) mass is 901 g/mol. The van der Waals surface area contributed by atoms with Crippen molar-refractivity contribution in [3.8, 4) is 0 Å². The van der Waals surface area contributed by atoms with E-state index < -0.39 is 98.9 Å². The molecule has 8 bridgehead atoms. The molecular weight excluding hydrogens is 829 g/mol. The van der Waals surface area contributed by atoms with E-state index in [4.69, 9.17) is 15.2 Å². The molecule has 12 aliphatic rings. The molecule has 13 nitrogen and oxygen atoms in total. The molecule has 356 valence electrons. The van der Waals surface area contributed by atoms with Gasteiger partial charge in [0.25, 0.3) is 0 Å². The van der Waals surface area contributed by atoms with Crippen LogP contribution in [0.4, 0.5) is 0 Å². The van der Waals surface area contributed by atoms with Gasteiger partial charge in [0.1, 0.15) is 35.2 Å². The molecule has 0 aromatic rings. The highest BCUT2D eigenvalue weighted by Crippen LogP contribution is 2.76. The maximum atomic E-state index is 13.9. The van der Waals surface area contributed by atoms with Crippen molar-refractivity contribution < 1.29 is 54.2 Å². The first kappa shape index (κ1) is 45.4. The number of rotatable bonds is 5. The van der Waals surface area contributed by atoms with Gasteiger partial charge in [-0.1, -0.05) is 62.8 Å². The van der Waals surface area contributed by atoms with E-state index in [0.717, 1.165) is 48.4 Å². The van der Waals surface area contributed by atoms with E-state index in [1.807, 2.05) is 6.08 Å². The van der Waals surface area contributed by atoms with Crippen LogP contribution in [0.5, 0.6) is 0 Å². The second-order valence-corrected chi connectivity index (χ2v) is 23.4. The van der Waals surface area contributed by atoms with Crippen molar-refractivity contribution in [1.29, 1.82) is 0 Å². The standard InChI is InChI=1S/C26H35NO5.C19H22O6.C7H15N/c1-14-11-25-13-26(14,31)9-8-17(25)16-10-18-21(28)24(2,23(30)32-18)19(16)20(25)22(29)27-12-15-6-4-3-5-7-15;1-8-6-18-7-19(8,24)4-3-10(18)9-5-11-14(20)17(2,16(23)25-11)12(9)13(18)15(21)22;8-6-7-4-2-1-3-5-7/h10,15,17-21,28,31H,1,3-9,11-13H2,2H3,(H,27,29);5,10-14,20,24H,1,3-4,6-7H2,2H3,(H,21,22);7H,1-6,8H2/t17-,18+,19+,20+,21-,24-,25-,26-;10-,11+,12+,13+,14-,17-,18-,19-;/m00./s1. The van der Waals surface area contributed by atoms with Gasteiger partial charge < -0.3 is 46.1 Å². The molecule has 65 heavy (non-hydrogen) atoms. The first-order valence-corrected chi connectivity index (χ1v) is 25.0. The third kappa shape index (κ3) is 6.32. The molecule has 0 radical (unpaired) electrons. The van der Waals surface area contributed by atoms with Crippen molar-refractivity contribution in [1.82, 2.24) is 5.32 Å². The van der Waals surface area contributed by atoms with Crippen LogP contribution >= 0.6 is 0 Å². The Morgan fingerprint density at radius 2 is 1.14 bits per heavy atom. The van der Waals surface area contributed by atoms with Crippen LogP contribution in [0.2, 0.25) is 0 Å². The second-order valence-electron chi connectivity index (χ2n) is 23.4. The molecule has 2 spiro atoms. The zero-order valence-electron chi connectivity index (χ0n) is 38.4. The van der Waals surface area contributed by atoms with Gasteiger partial charge >= 0.3 is 17.9 Å². The number of ether oxygens (including phenoxy) is 2. The lowest BCUT2D eigenvalue weighted by molar-refractivity contribution is -0.158. The molecule has 0 aromatic heterocycles. The molecule has 16 atom stereocenters. The van der Waals surface area contributed by atoms with Crippen molar-refractivity contribution >= 4 is 23.8 Å². The van der Waals surface area contributed by atoms with Crippen LogP contribution in [0.3, 0.4) is 0 Å². The average Bonchev–Trinajstić information content (AvgIpc) is 3.94. The SMILES string of the molecule is C=C1C[C@]23C[C@@]1(O)CC[C@H]2C1=C[C@H]2OC(=O)[C@@](C)([C@H]1[C@@H]3C(=O)NCC1CCCCC1)[C@H]2O.C=C1C[C@]23C[C@@]1(O)CC[C@H]2C1=C[C@H]2OC(=O)[C@@](C)([C@H]1[C@@H]3C(=O)O)[C@H]2O.NCC1CCCCC1. The summed E-state index contributed by atoms with van der Waals surface area (Å²) in [5.41, 5.74) is 3.70. The highest BCUT2D eigenvalue weighted by atomic mass is 16.6. The lowest BCUT2D eigenvalue weighted by Gasteiger charge is -2.43. The summed E-state index contributed by atoms with van der Waals surface area (Å²) in [5.74, 6) is -2.74. The van der Waals surface area contributed by atoms with E-state index in [0.29, 0.717) is 63.0 Å². The molecule has 10 fully saturated rings. The number of carbonyl (C=O) groups is 4. The molecule has 1 amide bonds. The zero-order chi connectivity index (χ0) is 46.2. The first-order chi connectivity index (χ1) is 30.8. The minimum absolute atomic E-state index is 0.0121. The van der Waals surface area contributed by atoms with Crippen molar-refractivity contribution in [2.45, 2.75) is 165 Å². The summed E-state index contributed by atoms with van der Waals surface area (Å²) in [6.45, 7) is 13.2. The number of aliphatic hydroxyl groups is 4. The van der Waals surface area contributed by atoms with Gasteiger partial charge in [0, 0.05) is 18.4 Å². The minimum Gasteiger partial charge on any atom is -0.481 e. The normalized spacial score (nSPS) is 48.5. The van der Waals surface area contributed by atoms with Gasteiger partial charge in [-0.05, 0) is 155 Å². The second kappa shape index (κ2) is 15.6. The van der Waals surface area contributed by atoms with Gasteiger partial charge in [-0.25, -0.2) is 0 Å². The van der Waals surface area contributed by atoms with Crippen LogP contribution in [0.15, 0.2) is 47.6 Å². The van der Waals surface area contributed by atoms with Crippen molar-refractivity contribution in [2.24, 2.45) is 74.7 Å². The Hall–Kier alpha value is -3.36. The fraction of sp³-hybridized carbons (Fsp3) is 0.769. The molecule has 8 saturated carbocycles. The van der Waals surface area contributed by atoms with Gasteiger partial charge in [0.15, 0.2) is 0 Å². The van der Waals surface area contributed by atoms with Gasteiger partial charge in [-0.15, -0.1) is 0 Å². The summed E-state index contributed by atoms with van der Waals surface area (Å²) in [5, 5.41) is 57.3. The maximum Gasteiger partial charge on any atom is 0.315 e. The number of aliphatic carboxylic acids is 1. The smallest absolute Gasteiger partial charge is 0.315 e. The van der Waals surface area contributed by atoms with Crippen LogP contribution in [-0.2, 0) is 28.7 Å². The van der Waals surface area contributed by atoms with E-state index >= 15 is 0 Å². The Balaban J connectivity index is 0.000000134. The highest BCUT2D eigenvalue weighted by Gasteiger charge is 2.77. The lowest BCUT2D eigenvalue weighted by Crippen LogP contribution is -2.52. The molecule has 8 N–H and O–H groups in total. The quantitative estimate of drug-likeness (QED) is 0.140. The van der Waals surface area contributed by atoms with E-state index in [1.54, 1.807) is 19.9 Å². The summed E-state index contributed by atoms with van der Waals surface area (Å²) >= 11 is 0. The van der Waals surface area contributed by atoms with E-state index in [1.165, 1.54) is 51.4 Å². The first-order valence-electron chi connectivity index (χ1n) is 25.0. The molecule has 0 aromatic carbocycles. The highest BCUT2D eigenvalue weighted by molar-refractivity contribution is 5.88. The summed E-state index contributed by atoms with van der Waals surface area (Å²) in [4.78, 5) is 51.9. The predicted octanol–water partition coefficient (Wildman–Crippen LogP) is 5.19. The van der Waals surface area contributed by atoms with Crippen LogP contribution in [-0.4, -0.2) is 98.1 Å². The summed E-state index contributed by atoms with van der Waals surface area (Å²) in [6.07, 6.45) is 18.1. The summed E-state index contributed by atoms with van der Waals surface area (Å²) in [7, 11) is 0. The molecule has 13 heteroatoms. The van der Waals surface area contributed by atoms with E-state index in [-0.39, 0.29) is 17.7 Å². The number of carboxylic acids is 1. The Morgan fingerprint density at radius 3 is 1.57 bits per heavy atom. The molecular formula is C52H72N2O11. The molecule has 12 rings (SSSR count). The van der Waals surface area contributed by atoms with Crippen molar-refractivity contribution in [3.63, 3.8) is 0 Å². The minimum atomic E-state index is -1.24. The zero-order valence-corrected chi connectivity index (χ0v) is 38.4. The fourth-order valence-electron chi connectivity index (χ4n) is 16.9. The number of nitrogens with two attached hydrogens (primary N) is 1. The number of esters is 2. The third-order valence-corrected chi connectivity index (χ3v) is 20.3. The number of fused-ring (bicyclic) bond motifs is 12. The van der Waals surface area contributed by atoms with Crippen LogP contribution in [0, 0.1) is 69.0 Å². The van der Waals surface area contributed by atoms with E-state index in [9.17, 15) is 44.7 Å². The topological polar surface area (TPSA) is 226 Å². The molecule has 10 aliphatic carbocycles. The average molecular weight is 901 g/mol. The summed E-state index contributed by atoms with van der Waals surface area (Å²) in [6, 6.07) is 0. The summed E-state index contributed by atoms with van der Waals surface area (Å²) < 4.78 is 10.9. The molecule has 2 saturated heterocycles. The molecule has 2 heterocycles.